The maximum atomic E-state index is 12.0. The molecule has 26 heavy (non-hydrogen) atoms. The fraction of sp³-hybridized carbons (Fsp3) is 0.471. The highest BCUT2D eigenvalue weighted by Gasteiger charge is 2.17. The Morgan fingerprint density at radius 1 is 1.42 bits per heavy atom. The van der Waals surface area contributed by atoms with Gasteiger partial charge in [-0.2, -0.15) is 0 Å². The summed E-state index contributed by atoms with van der Waals surface area (Å²) in [5, 5.41) is 11.6. The van der Waals surface area contributed by atoms with Crippen molar-refractivity contribution >= 4 is 17.7 Å². The lowest BCUT2D eigenvalue weighted by atomic mass is 10.2. The third kappa shape index (κ3) is 4.67. The molecule has 0 aliphatic carbocycles. The molecule has 1 aromatic carbocycles. The lowest BCUT2D eigenvalue weighted by Crippen LogP contribution is -2.33. The Morgan fingerprint density at radius 2 is 2.23 bits per heavy atom. The molecule has 1 saturated heterocycles. The maximum Gasteiger partial charge on any atom is 0.230 e. The van der Waals surface area contributed by atoms with Crippen molar-refractivity contribution in [1.29, 1.82) is 0 Å². The standard InChI is InChI=1S/C17H23N5O3S/c1-2-24-13-7-5-12(6-8-13)16-20-21-17(22(16)18)26-11-15(23)19-10-14-4-3-9-25-14/h5-8,14H,2-4,9-11,18H2,1H3,(H,19,23)/t14-/m1/s1. The van der Waals surface area contributed by atoms with E-state index in [-0.39, 0.29) is 17.8 Å². The lowest BCUT2D eigenvalue weighted by molar-refractivity contribution is -0.119. The van der Waals surface area contributed by atoms with Gasteiger partial charge in [-0.05, 0) is 44.0 Å². The quantitative estimate of drug-likeness (QED) is 0.530. The van der Waals surface area contributed by atoms with Gasteiger partial charge in [-0.1, -0.05) is 11.8 Å². The highest BCUT2D eigenvalue weighted by Crippen LogP contribution is 2.23. The molecule has 1 fully saturated rings. The molecule has 8 nitrogen and oxygen atoms in total. The first kappa shape index (κ1) is 18.5. The zero-order chi connectivity index (χ0) is 18.4. The number of benzene rings is 1. The van der Waals surface area contributed by atoms with Crippen LogP contribution >= 0.6 is 11.8 Å². The summed E-state index contributed by atoms with van der Waals surface area (Å²) in [6, 6.07) is 7.47. The molecular weight excluding hydrogens is 354 g/mol. The number of nitrogens with two attached hydrogens (primary N) is 1. The van der Waals surface area contributed by atoms with Gasteiger partial charge in [0.15, 0.2) is 5.82 Å². The number of rotatable bonds is 8. The zero-order valence-corrected chi connectivity index (χ0v) is 15.5. The topological polar surface area (TPSA) is 104 Å². The first-order valence-electron chi connectivity index (χ1n) is 8.62. The molecule has 2 aromatic rings. The van der Waals surface area contributed by atoms with Gasteiger partial charge in [0.25, 0.3) is 0 Å². The number of carbonyl (C=O) groups excluding carboxylic acids is 1. The predicted molar refractivity (Wildman–Crippen MR) is 99.5 cm³/mol. The molecule has 1 aliphatic heterocycles. The van der Waals surface area contributed by atoms with E-state index in [1.54, 1.807) is 0 Å². The number of nitrogen functional groups attached to an aromatic ring is 1. The molecular formula is C17H23N5O3S. The predicted octanol–water partition coefficient (Wildman–Crippen LogP) is 1.44. The first-order chi connectivity index (χ1) is 12.7. The van der Waals surface area contributed by atoms with E-state index in [0.29, 0.717) is 24.1 Å². The van der Waals surface area contributed by atoms with Crippen LogP contribution in [0.15, 0.2) is 29.4 Å². The van der Waals surface area contributed by atoms with Gasteiger partial charge in [-0.3, -0.25) is 4.79 Å². The number of nitrogens with zero attached hydrogens (tertiary/aromatic N) is 3. The maximum absolute atomic E-state index is 12.0. The molecule has 0 bridgehead atoms. The van der Waals surface area contributed by atoms with Crippen molar-refractivity contribution in [3.63, 3.8) is 0 Å². The van der Waals surface area contributed by atoms with Gasteiger partial charge in [0.1, 0.15) is 5.75 Å². The highest BCUT2D eigenvalue weighted by atomic mass is 32.2. The Kier molecular flexibility index (Phi) is 6.35. The number of thioether (sulfide) groups is 1. The van der Waals surface area contributed by atoms with Crippen molar-refractivity contribution in [2.75, 3.05) is 31.4 Å². The van der Waals surface area contributed by atoms with Crippen molar-refractivity contribution < 1.29 is 14.3 Å². The fourth-order valence-corrected chi connectivity index (χ4v) is 3.34. The van der Waals surface area contributed by atoms with Crippen LogP contribution in [-0.2, 0) is 9.53 Å². The molecule has 0 radical (unpaired) electrons. The zero-order valence-electron chi connectivity index (χ0n) is 14.7. The minimum absolute atomic E-state index is 0.0730. The van der Waals surface area contributed by atoms with Crippen LogP contribution in [0, 0.1) is 0 Å². The molecule has 3 N–H and O–H groups in total. The summed E-state index contributed by atoms with van der Waals surface area (Å²) in [6.45, 7) is 3.87. The number of carbonyl (C=O) groups is 1. The van der Waals surface area contributed by atoms with E-state index in [0.717, 1.165) is 30.8 Å². The summed E-state index contributed by atoms with van der Waals surface area (Å²) in [5.74, 6) is 7.56. The number of ether oxygens (including phenoxy) is 2. The van der Waals surface area contributed by atoms with E-state index in [1.807, 2.05) is 31.2 Å². The number of aromatic nitrogens is 3. The molecule has 0 spiro atoms. The smallest absolute Gasteiger partial charge is 0.230 e. The Bertz CT molecular complexity index is 728. The van der Waals surface area contributed by atoms with Crippen molar-refractivity contribution in [2.45, 2.75) is 31.0 Å². The number of hydrogen-bond acceptors (Lipinski definition) is 7. The summed E-state index contributed by atoms with van der Waals surface area (Å²) in [6.07, 6.45) is 2.18. The molecule has 140 valence electrons. The first-order valence-corrected chi connectivity index (χ1v) is 9.60. The fourth-order valence-electron chi connectivity index (χ4n) is 2.65. The highest BCUT2D eigenvalue weighted by molar-refractivity contribution is 7.99. The van der Waals surface area contributed by atoms with Crippen LogP contribution in [0.25, 0.3) is 11.4 Å². The van der Waals surface area contributed by atoms with Crippen LogP contribution < -0.4 is 15.9 Å². The van der Waals surface area contributed by atoms with E-state index < -0.39 is 0 Å². The van der Waals surface area contributed by atoms with Crippen molar-refractivity contribution in [3.8, 4) is 17.1 Å². The summed E-state index contributed by atoms with van der Waals surface area (Å²) < 4.78 is 12.3. The molecule has 0 saturated carbocycles. The lowest BCUT2D eigenvalue weighted by Gasteiger charge is -2.10. The van der Waals surface area contributed by atoms with Crippen LogP contribution in [0.3, 0.4) is 0 Å². The average Bonchev–Trinajstić information content (AvgIpc) is 3.29. The van der Waals surface area contributed by atoms with Crippen molar-refractivity contribution in [3.05, 3.63) is 24.3 Å². The van der Waals surface area contributed by atoms with Crippen LogP contribution in [-0.4, -0.2) is 52.4 Å². The third-order valence-corrected chi connectivity index (χ3v) is 4.91. The molecule has 1 aliphatic rings. The number of nitrogens with one attached hydrogen (secondary N) is 1. The van der Waals surface area contributed by atoms with Crippen LogP contribution in [0.4, 0.5) is 0 Å². The van der Waals surface area contributed by atoms with Gasteiger partial charge in [0, 0.05) is 18.7 Å². The van der Waals surface area contributed by atoms with Gasteiger partial charge in [-0.25, -0.2) is 4.68 Å². The van der Waals surface area contributed by atoms with Gasteiger partial charge in [-0.15, -0.1) is 10.2 Å². The Morgan fingerprint density at radius 3 is 2.92 bits per heavy atom. The Hall–Kier alpha value is -2.26. The van der Waals surface area contributed by atoms with Gasteiger partial charge in [0.2, 0.25) is 11.1 Å². The van der Waals surface area contributed by atoms with Gasteiger partial charge >= 0.3 is 0 Å². The van der Waals surface area contributed by atoms with Gasteiger partial charge in [0.05, 0.1) is 18.5 Å². The minimum atomic E-state index is -0.0730. The Balaban J connectivity index is 1.53. The third-order valence-electron chi connectivity index (χ3n) is 3.97. The number of hydrogen-bond donors (Lipinski definition) is 2. The molecule has 3 rings (SSSR count). The minimum Gasteiger partial charge on any atom is -0.494 e. The molecule has 1 amide bonds. The summed E-state index contributed by atoms with van der Waals surface area (Å²) >= 11 is 1.25. The Labute approximate surface area is 156 Å². The SMILES string of the molecule is CCOc1ccc(-c2nnc(SCC(=O)NC[C@H]3CCCO3)n2N)cc1. The van der Waals surface area contributed by atoms with E-state index in [2.05, 4.69) is 15.5 Å². The van der Waals surface area contributed by atoms with E-state index in [9.17, 15) is 4.79 Å². The average molecular weight is 377 g/mol. The van der Waals surface area contributed by atoms with Crippen LogP contribution in [0.1, 0.15) is 19.8 Å². The largest absolute Gasteiger partial charge is 0.494 e. The van der Waals surface area contributed by atoms with Gasteiger partial charge < -0.3 is 20.6 Å². The molecule has 1 atom stereocenters. The summed E-state index contributed by atoms with van der Waals surface area (Å²) in [4.78, 5) is 12.0. The second-order valence-corrected chi connectivity index (χ2v) is 6.80. The monoisotopic (exact) mass is 377 g/mol. The van der Waals surface area contributed by atoms with Crippen molar-refractivity contribution in [1.82, 2.24) is 20.2 Å². The normalized spacial score (nSPS) is 16.6. The second-order valence-electron chi connectivity index (χ2n) is 5.86. The van der Waals surface area contributed by atoms with E-state index >= 15 is 0 Å². The molecule has 9 heteroatoms. The molecule has 2 heterocycles. The molecule has 1 aromatic heterocycles. The van der Waals surface area contributed by atoms with Crippen LogP contribution in [0.2, 0.25) is 0 Å². The van der Waals surface area contributed by atoms with Crippen LogP contribution in [0.5, 0.6) is 5.75 Å². The summed E-state index contributed by atoms with van der Waals surface area (Å²) in [7, 11) is 0. The molecule has 0 unspecified atom stereocenters. The second kappa shape index (κ2) is 8.91. The summed E-state index contributed by atoms with van der Waals surface area (Å²) in [5.41, 5.74) is 0.832. The number of amides is 1. The van der Waals surface area contributed by atoms with E-state index in [4.69, 9.17) is 15.3 Å². The van der Waals surface area contributed by atoms with E-state index in [1.165, 1.54) is 16.4 Å². The van der Waals surface area contributed by atoms with Crippen molar-refractivity contribution in [2.24, 2.45) is 0 Å².